The fraction of sp³-hybridized carbons (Fsp3) is 0.269. The predicted octanol–water partition coefficient (Wildman–Crippen LogP) is 6.10. The zero-order chi connectivity index (χ0) is 25.1. The average molecular weight is 496 g/mol. The van der Waals surface area contributed by atoms with Crippen LogP contribution in [0.3, 0.4) is 0 Å². The number of amides is 1. The molecular weight excluding hydrogens is 471 g/mol. The number of anilines is 2. The molecule has 36 heavy (non-hydrogen) atoms. The van der Waals surface area contributed by atoms with Gasteiger partial charge in [-0.1, -0.05) is 31.4 Å². The molecule has 1 saturated carbocycles. The molecular formula is C26H24F3N5O2. The Morgan fingerprint density at radius 3 is 2.39 bits per heavy atom. The standard InChI is InChI=1S/C26H24F3N5O2/c27-26(28,29)36-21-14-10-17(11-15-21)22-7-4-16-34-23(22)32-25(33-34)31-20-12-8-18(9-13-20)24(35)30-19-5-2-1-3-6-19/h4,7-16,19H,1-3,5-6H2,(H,30,35)(H,31,33). The molecule has 1 aliphatic rings. The summed E-state index contributed by atoms with van der Waals surface area (Å²) < 4.78 is 42.9. The predicted molar refractivity (Wildman–Crippen MR) is 129 cm³/mol. The van der Waals surface area contributed by atoms with Gasteiger partial charge >= 0.3 is 6.36 Å². The number of halogens is 3. The first-order chi connectivity index (χ1) is 17.3. The van der Waals surface area contributed by atoms with Gasteiger partial charge in [-0.05, 0) is 66.9 Å². The summed E-state index contributed by atoms with van der Waals surface area (Å²) >= 11 is 0. The fourth-order valence-electron chi connectivity index (χ4n) is 4.37. The minimum absolute atomic E-state index is 0.0735. The number of pyridine rings is 1. The van der Waals surface area contributed by atoms with Gasteiger partial charge in [0.25, 0.3) is 5.91 Å². The average Bonchev–Trinajstić information content (AvgIpc) is 3.27. The summed E-state index contributed by atoms with van der Waals surface area (Å²) in [4.78, 5) is 17.1. The van der Waals surface area contributed by atoms with Crippen LogP contribution in [0.4, 0.5) is 24.8 Å². The maximum absolute atomic E-state index is 12.5. The summed E-state index contributed by atoms with van der Waals surface area (Å²) in [6.07, 6.45) is 2.58. The van der Waals surface area contributed by atoms with Crippen molar-refractivity contribution < 1.29 is 22.7 Å². The van der Waals surface area contributed by atoms with E-state index in [1.807, 2.05) is 6.07 Å². The number of hydrogen-bond donors (Lipinski definition) is 2. The Bertz CT molecular complexity index is 1350. The number of fused-ring (bicyclic) bond motifs is 1. The summed E-state index contributed by atoms with van der Waals surface area (Å²) in [5, 5.41) is 10.7. The first-order valence-corrected chi connectivity index (χ1v) is 11.7. The van der Waals surface area contributed by atoms with Crippen molar-refractivity contribution in [3.05, 3.63) is 72.4 Å². The summed E-state index contributed by atoms with van der Waals surface area (Å²) in [6.45, 7) is 0. The largest absolute Gasteiger partial charge is 0.573 e. The Labute approximate surface area is 205 Å². The lowest BCUT2D eigenvalue weighted by Gasteiger charge is -2.22. The van der Waals surface area contributed by atoms with Gasteiger partial charge in [0, 0.05) is 29.1 Å². The van der Waals surface area contributed by atoms with E-state index in [0.717, 1.165) is 31.4 Å². The summed E-state index contributed by atoms with van der Waals surface area (Å²) in [5.41, 5.74) is 3.21. The number of nitrogens with one attached hydrogen (secondary N) is 2. The second-order valence-electron chi connectivity index (χ2n) is 8.71. The zero-order valence-corrected chi connectivity index (χ0v) is 19.3. The number of carbonyl (C=O) groups is 1. The fourth-order valence-corrected chi connectivity index (χ4v) is 4.37. The van der Waals surface area contributed by atoms with E-state index >= 15 is 0 Å². The topological polar surface area (TPSA) is 80.5 Å². The van der Waals surface area contributed by atoms with Crippen LogP contribution in [0.5, 0.6) is 5.75 Å². The minimum atomic E-state index is -4.74. The van der Waals surface area contributed by atoms with Crippen LogP contribution in [0.15, 0.2) is 66.9 Å². The summed E-state index contributed by atoms with van der Waals surface area (Å²) in [6, 6.07) is 16.5. The molecule has 5 rings (SSSR count). The Hall–Kier alpha value is -4.08. The molecule has 1 aliphatic carbocycles. The number of aromatic nitrogens is 3. The molecule has 0 unspecified atom stereocenters. The SMILES string of the molecule is O=C(NC1CCCCC1)c1ccc(Nc2nc3c(-c4ccc(OC(F)(F)F)cc4)cccn3n2)cc1. The lowest BCUT2D eigenvalue weighted by molar-refractivity contribution is -0.274. The number of alkyl halides is 3. The molecule has 186 valence electrons. The van der Waals surface area contributed by atoms with Gasteiger partial charge in [0.1, 0.15) is 5.75 Å². The highest BCUT2D eigenvalue weighted by Crippen LogP contribution is 2.29. The van der Waals surface area contributed by atoms with Gasteiger partial charge in [-0.25, -0.2) is 4.52 Å². The van der Waals surface area contributed by atoms with Gasteiger partial charge in [-0.15, -0.1) is 18.3 Å². The van der Waals surface area contributed by atoms with Gasteiger partial charge in [0.05, 0.1) is 0 Å². The maximum atomic E-state index is 12.5. The quantitative estimate of drug-likeness (QED) is 0.338. The van der Waals surface area contributed by atoms with Crippen molar-refractivity contribution in [3.8, 4) is 16.9 Å². The minimum Gasteiger partial charge on any atom is -0.406 e. The molecule has 10 heteroatoms. The number of hydrogen-bond acceptors (Lipinski definition) is 5. The molecule has 0 aliphatic heterocycles. The molecule has 0 saturated heterocycles. The number of benzene rings is 2. The molecule has 0 radical (unpaired) electrons. The van der Waals surface area contributed by atoms with Crippen LogP contribution >= 0.6 is 0 Å². The molecule has 1 amide bonds. The molecule has 2 N–H and O–H groups in total. The van der Waals surface area contributed by atoms with Gasteiger partial charge < -0.3 is 15.4 Å². The van der Waals surface area contributed by atoms with E-state index in [1.54, 1.807) is 41.0 Å². The molecule has 1 fully saturated rings. The Kier molecular flexibility index (Phi) is 6.49. The second-order valence-corrected chi connectivity index (χ2v) is 8.71. The van der Waals surface area contributed by atoms with Crippen molar-refractivity contribution in [1.29, 1.82) is 0 Å². The van der Waals surface area contributed by atoms with Gasteiger partial charge in [0.15, 0.2) is 5.65 Å². The van der Waals surface area contributed by atoms with Crippen LogP contribution in [0.1, 0.15) is 42.5 Å². The second kappa shape index (κ2) is 9.88. The highest BCUT2D eigenvalue weighted by molar-refractivity contribution is 5.94. The van der Waals surface area contributed by atoms with Crippen LogP contribution in [0, 0.1) is 0 Å². The van der Waals surface area contributed by atoms with E-state index in [0.29, 0.717) is 28.3 Å². The lowest BCUT2D eigenvalue weighted by atomic mass is 9.95. The van der Waals surface area contributed by atoms with Crippen molar-refractivity contribution in [1.82, 2.24) is 19.9 Å². The Morgan fingerprint density at radius 2 is 1.69 bits per heavy atom. The van der Waals surface area contributed by atoms with Crippen molar-refractivity contribution >= 4 is 23.2 Å². The number of carbonyl (C=O) groups excluding carboxylic acids is 1. The van der Waals surface area contributed by atoms with Crippen molar-refractivity contribution in [3.63, 3.8) is 0 Å². The monoisotopic (exact) mass is 495 g/mol. The maximum Gasteiger partial charge on any atom is 0.573 e. The first kappa shape index (κ1) is 23.7. The van der Waals surface area contributed by atoms with Gasteiger partial charge in [-0.2, -0.15) is 4.98 Å². The smallest absolute Gasteiger partial charge is 0.406 e. The normalized spacial score (nSPS) is 14.5. The first-order valence-electron chi connectivity index (χ1n) is 11.7. The van der Waals surface area contributed by atoms with Gasteiger partial charge in [0.2, 0.25) is 5.95 Å². The van der Waals surface area contributed by atoms with Crippen LogP contribution in [0.25, 0.3) is 16.8 Å². The molecule has 0 spiro atoms. The highest BCUT2D eigenvalue weighted by atomic mass is 19.4. The molecule has 4 aromatic rings. The van der Waals surface area contributed by atoms with Crippen molar-refractivity contribution in [2.75, 3.05) is 5.32 Å². The third-order valence-electron chi connectivity index (χ3n) is 6.10. The summed E-state index contributed by atoms with van der Waals surface area (Å²) in [7, 11) is 0. The molecule has 2 aromatic heterocycles. The van der Waals surface area contributed by atoms with Gasteiger partial charge in [-0.3, -0.25) is 4.79 Å². The van der Waals surface area contributed by atoms with Crippen LogP contribution in [-0.2, 0) is 0 Å². The van der Waals surface area contributed by atoms with E-state index in [1.165, 1.54) is 30.7 Å². The van der Waals surface area contributed by atoms with E-state index in [9.17, 15) is 18.0 Å². The molecule has 7 nitrogen and oxygen atoms in total. The number of nitrogens with zero attached hydrogens (tertiary/aromatic N) is 3. The van der Waals surface area contributed by atoms with Crippen molar-refractivity contribution in [2.24, 2.45) is 0 Å². The number of rotatable bonds is 6. The number of ether oxygens (including phenoxy) is 1. The Balaban J connectivity index is 1.29. The zero-order valence-electron chi connectivity index (χ0n) is 19.3. The lowest BCUT2D eigenvalue weighted by Crippen LogP contribution is -2.36. The van der Waals surface area contributed by atoms with Crippen molar-refractivity contribution in [2.45, 2.75) is 44.5 Å². The van der Waals surface area contributed by atoms with E-state index in [4.69, 9.17) is 0 Å². The van der Waals surface area contributed by atoms with E-state index in [-0.39, 0.29) is 17.7 Å². The Morgan fingerprint density at radius 1 is 0.972 bits per heavy atom. The molecule has 2 heterocycles. The molecule has 2 aromatic carbocycles. The van der Waals surface area contributed by atoms with Crippen LogP contribution in [-0.4, -0.2) is 32.9 Å². The third-order valence-corrected chi connectivity index (χ3v) is 6.10. The van der Waals surface area contributed by atoms with E-state index in [2.05, 4.69) is 25.5 Å². The summed E-state index contributed by atoms with van der Waals surface area (Å²) in [5.74, 6) is -0.0209. The molecule has 0 atom stereocenters. The van der Waals surface area contributed by atoms with Crippen LogP contribution < -0.4 is 15.4 Å². The van der Waals surface area contributed by atoms with E-state index < -0.39 is 6.36 Å². The van der Waals surface area contributed by atoms with Crippen LogP contribution in [0.2, 0.25) is 0 Å². The molecule has 0 bridgehead atoms. The third kappa shape index (κ3) is 5.59. The highest BCUT2D eigenvalue weighted by Gasteiger charge is 2.31.